The molecule has 0 spiro atoms. The molecule has 0 radical (unpaired) electrons. The predicted octanol–water partition coefficient (Wildman–Crippen LogP) is 0.0163. The summed E-state index contributed by atoms with van der Waals surface area (Å²) in [5, 5.41) is 10.6. The van der Waals surface area contributed by atoms with Gasteiger partial charge in [0.15, 0.2) is 0 Å². The van der Waals surface area contributed by atoms with E-state index >= 15 is 0 Å². The van der Waals surface area contributed by atoms with Crippen molar-refractivity contribution in [3.8, 4) is 0 Å². The zero-order chi connectivity index (χ0) is 12.3. The number of quaternary nitrogens is 1. The molecule has 0 aromatic rings. The van der Waals surface area contributed by atoms with E-state index in [0.717, 1.165) is 0 Å². The monoisotopic (exact) mass is 217 g/mol. The van der Waals surface area contributed by atoms with Crippen LogP contribution in [0.5, 0.6) is 0 Å². The number of carboxylic acids is 1. The van der Waals surface area contributed by atoms with Gasteiger partial charge in [0.05, 0.1) is 26.7 Å². The molecule has 0 unspecified atom stereocenters. The summed E-state index contributed by atoms with van der Waals surface area (Å²) in [5.74, 6) is -1.06. The fraction of sp³-hybridized carbons (Fsp3) is 0.909. The molecule has 90 valence electrons. The molecule has 0 saturated heterocycles. The number of hydrogen-bond donors (Lipinski definition) is 0. The van der Waals surface area contributed by atoms with E-state index in [9.17, 15) is 9.90 Å². The second kappa shape index (κ2) is 4.94. The van der Waals surface area contributed by atoms with Gasteiger partial charge in [-0.15, -0.1) is 0 Å². The smallest absolute Gasteiger partial charge is 0.112 e. The van der Waals surface area contributed by atoms with Crippen molar-refractivity contribution in [1.82, 2.24) is 0 Å². The lowest BCUT2D eigenvalue weighted by molar-refractivity contribution is -0.873. The first-order valence-corrected chi connectivity index (χ1v) is 5.18. The van der Waals surface area contributed by atoms with Crippen LogP contribution in [0.3, 0.4) is 0 Å². The highest BCUT2D eigenvalue weighted by Gasteiger charge is 2.24. The zero-order valence-corrected chi connectivity index (χ0v) is 10.7. The summed E-state index contributed by atoms with van der Waals surface area (Å²) in [4.78, 5) is 10.6. The zero-order valence-electron chi connectivity index (χ0n) is 10.7. The van der Waals surface area contributed by atoms with E-state index in [0.29, 0.717) is 11.0 Å². The van der Waals surface area contributed by atoms with Gasteiger partial charge in [-0.25, -0.2) is 0 Å². The first-order valence-electron chi connectivity index (χ1n) is 5.18. The maximum Gasteiger partial charge on any atom is 0.112 e. The lowest BCUT2D eigenvalue weighted by Gasteiger charge is -2.33. The molecule has 1 atom stereocenters. The Balaban J connectivity index is 4.39. The van der Waals surface area contributed by atoms with Crippen molar-refractivity contribution < 1.29 is 19.1 Å². The average molecular weight is 217 g/mol. The fourth-order valence-corrected chi connectivity index (χ4v) is 1.44. The quantitative estimate of drug-likeness (QED) is 0.610. The van der Waals surface area contributed by atoms with Crippen LogP contribution < -0.4 is 5.11 Å². The summed E-state index contributed by atoms with van der Waals surface area (Å²) in [6.07, 6.45) is -0.345. The first kappa shape index (κ1) is 14.4. The second-order valence-corrected chi connectivity index (χ2v) is 5.90. The van der Waals surface area contributed by atoms with Crippen LogP contribution in [0.25, 0.3) is 0 Å². The topological polar surface area (TPSA) is 49.4 Å². The highest BCUT2D eigenvalue weighted by atomic mass is 16.5. The highest BCUT2D eigenvalue weighted by molar-refractivity contribution is 5.64. The largest absolute Gasteiger partial charge is 0.550 e. The summed E-state index contributed by atoms with van der Waals surface area (Å²) < 4.78 is 6.36. The maximum absolute atomic E-state index is 10.6. The first-order chi connectivity index (χ1) is 6.49. The van der Waals surface area contributed by atoms with Gasteiger partial charge in [-0.1, -0.05) is 0 Å². The third-order valence-electron chi connectivity index (χ3n) is 1.67. The number of likely N-dealkylation sites (N-methyl/N-ethyl adjacent to an activating group) is 1. The van der Waals surface area contributed by atoms with Crippen molar-refractivity contribution in [2.45, 2.75) is 38.9 Å². The van der Waals surface area contributed by atoms with Gasteiger partial charge in [0.25, 0.3) is 0 Å². The number of ether oxygens (including phenoxy) is 1. The minimum absolute atomic E-state index is 0.0488. The molecule has 0 N–H and O–H groups in total. The maximum atomic E-state index is 10.6. The van der Waals surface area contributed by atoms with Crippen LogP contribution in [0.2, 0.25) is 0 Å². The third-order valence-corrected chi connectivity index (χ3v) is 1.67. The molecule has 0 amide bonds. The van der Waals surface area contributed by atoms with Gasteiger partial charge in [0.2, 0.25) is 0 Å². The molecule has 4 nitrogen and oxygen atoms in total. The molecular weight excluding hydrogens is 194 g/mol. The number of carbonyl (C=O) groups excluding carboxylic acids is 1. The second-order valence-electron chi connectivity index (χ2n) is 5.90. The van der Waals surface area contributed by atoms with E-state index in [1.165, 1.54) is 0 Å². The molecule has 0 aromatic carbocycles. The third kappa shape index (κ3) is 9.69. The number of carboxylic acid groups (broad SMARTS) is 1. The van der Waals surface area contributed by atoms with Gasteiger partial charge in [-0.3, -0.25) is 0 Å². The number of carbonyl (C=O) groups is 1. The van der Waals surface area contributed by atoms with Gasteiger partial charge in [-0.2, -0.15) is 0 Å². The lowest BCUT2D eigenvalue weighted by Crippen LogP contribution is -2.46. The van der Waals surface area contributed by atoms with E-state index < -0.39 is 5.97 Å². The number of hydrogen-bond acceptors (Lipinski definition) is 3. The van der Waals surface area contributed by atoms with Gasteiger partial charge in [0, 0.05) is 12.4 Å². The van der Waals surface area contributed by atoms with Gasteiger partial charge < -0.3 is 19.1 Å². The van der Waals surface area contributed by atoms with E-state index in [1.807, 2.05) is 41.9 Å². The summed E-state index contributed by atoms with van der Waals surface area (Å²) in [7, 11) is 6.02. The van der Waals surface area contributed by atoms with Crippen molar-refractivity contribution in [3.63, 3.8) is 0 Å². The van der Waals surface area contributed by atoms with Crippen LogP contribution in [0.15, 0.2) is 0 Å². The standard InChI is InChI=1S/C11H23NO3/c1-11(2,3)15-9(7-10(13)14)8-12(4,5)6/h9H,7-8H2,1-6H3/t9-/m1/s1. The molecule has 15 heavy (non-hydrogen) atoms. The highest BCUT2D eigenvalue weighted by Crippen LogP contribution is 2.14. The van der Waals surface area contributed by atoms with Gasteiger partial charge in [0.1, 0.15) is 12.6 Å². The van der Waals surface area contributed by atoms with Gasteiger partial charge in [-0.05, 0) is 20.8 Å². The van der Waals surface area contributed by atoms with Crippen molar-refractivity contribution in [3.05, 3.63) is 0 Å². The van der Waals surface area contributed by atoms with Crippen LogP contribution in [0.4, 0.5) is 0 Å². The number of nitrogens with zero attached hydrogens (tertiary/aromatic N) is 1. The summed E-state index contributed by atoms with van der Waals surface area (Å²) >= 11 is 0. The molecule has 4 heteroatoms. The SMILES string of the molecule is CC(C)(C)O[C@H](CC(=O)[O-])C[N+](C)(C)C. The minimum atomic E-state index is -1.06. The Hall–Kier alpha value is -0.610. The van der Waals surface area contributed by atoms with Crippen molar-refractivity contribution >= 4 is 5.97 Å². The van der Waals surface area contributed by atoms with Crippen molar-refractivity contribution in [2.24, 2.45) is 0 Å². The molecule has 0 fully saturated rings. The van der Waals surface area contributed by atoms with E-state index in [1.54, 1.807) is 0 Å². The molecule has 0 aliphatic rings. The molecule has 0 saturated carbocycles. The Bertz CT molecular complexity index is 197. The summed E-state index contributed by atoms with van der Waals surface area (Å²) in [5.41, 5.74) is -0.324. The van der Waals surface area contributed by atoms with Crippen molar-refractivity contribution in [2.75, 3.05) is 27.7 Å². The average Bonchev–Trinajstić information content (AvgIpc) is 1.73. The van der Waals surface area contributed by atoms with Crippen LogP contribution in [0, 0.1) is 0 Å². The molecular formula is C11H23NO3. The van der Waals surface area contributed by atoms with Crippen LogP contribution in [0.1, 0.15) is 27.2 Å². The summed E-state index contributed by atoms with van der Waals surface area (Å²) in [6.45, 7) is 6.42. The van der Waals surface area contributed by atoms with Crippen LogP contribution >= 0.6 is 0 Å². The molecule has 0 aliphatic heterocycles. The van der Waals surface area contributed by atoms with Crippen LogP contribution in [-0.2, 0) is 9.53 Å². The Kier molecular flexibility index (Phi) is 4.74. The molecule has 0 aliphatic carbocycles. The number of rotatable bonds is 5. The molecule has 0 heterocycles. The normalized spacial score (nSPS) is 15.1. The van der Waals surface area contributed by atoms with E-state index in [2.05, 4.69) is 0 Å². The Morgan fingerprint density at radius 2 is 1.80 bits per heavy atom. The van der Waals surface area contributed by atoms with Crippen molar-refractivity contribution in [1.29, 1.82) is 0 Å². The molecule has 0 aromatic heterocycles. The Labute approximate surface area is 92.4 Å². The summed E-state index contributed by atoms with van der Waals surface area (Å²) in [6, 6.07) is 0. The van der Waals surface area contributed by atoms with Gasteiger partial charge >= 0.3 is 0 Å². The Morgan fingerprint density at radius 1 is 1.33 bits per heavy atom. The fourth-order valence-electron chi connectivity index (χ4n) is 1.44. The Morgan fingerprint density at radius 3 is 2.07 bits per heavy atom. The molecule has 0 rings (SSSR count). The predicted molar refractivity (Wildman–Crippen MR) is 57.1 cm³/mol. The lowest BCUT2D eigenvalue weighted by atomic mass is 10.1. The number of aliphatic carboxylic acids is 1. The van der Waals surface area contributed by atoms with E-state index in [-0.39, 0.29) is 18.1 Å². The minimum Gasteiger partial charge on any atom is -0.550 e. The van der Waals surface area contributed by atoms with Crippen LogP contribution in [-0.4, -0.2) is 49.8 Å². The van der Waals surface area contributed by atoms with E-state index in [4.69, 9.17) is 4.74 Å². The molecule has 0 bridgehead atoms.